The number of hydrogen-bond donors (Lipinski definition) is 0. The summed E-state index contributed by atoms with van der Waals surface area (Å²) in [4.78, 5) is 4.23. The molecule has 6 heteroatoms. The van der Waals surface area contributed by atoms with E-state index in [0.29, 0.717) is 15.8 Å². The highest BCUT2D eigenvalue weighted by molar-refractivity contribution is 7.18. The fraction of sp³-hybridized carbons (Fsp3) is 0.364. The molecule has 2 rings (SSSR count). The quantitative estimate of drug-likeness (QED) is 0.821. The number of nitrogens with zero attached hydrogens (tertiary/aromatic N) is 1. The lowest BCUT2D eigenvalue weighted by Gasteiger charge is -2.09. The van der Waals surface area contributed by atoms with Crippen LogP contribution in [0.3, 0.4) is 0 Å². The van der Waals surface area contributed by atoms with E-state index in [-0.39, 0.29) is 6.61 Å². The van der Waals surface area contributed by atoms with E-state index in [0.717, 1.165) is 17.1 Å². The molecule has 0 aliphatic carbocycles. The van der Waals surface area contributed by atoms with Crippen LogP contribution in [0.15, 0.2) is 12.1 Å². The second-order valence-corrected chi connectivity index (χ2v) is 4.88. The summed E-state index contributed by atoms with van der Waals surface area (Å²) in [5.41, 5.74) is 0.421. The van der Waals surface area contributed by atoms with Crippen LogP contribution in [0.1, 0.15) is 16.1 Å². The van der Waals surface area contributed by atoms with Crippen LogP contribution in [0.2, 0.25) is 0 Å². The van der Waals surface area contributed by atoms with Crippen LogP contribution < -0.4 is 0 Å². The Morgan fingerprint density at radius 2 is 2.06 bits per heavy atom. The molecule has 0 fully saturated rings. The molecule has 2 aromatic rings. The Labute approximate surface area is 100 Å². The van der Waals surface area contributed by atoms with Crippen molar-refractivity contribution in [1.82, 2.24) is 4.98 Å². The molecule has 0 aliphatic rings. The van der Waals surface area contributed by atoms with Gasteiger partial charge >= 0.3 is 6.18 Å². The maximum atomic E-state index is 12.7. The second kappa shape index (κ2) is 4.27. The first-order valence-electron chi connectivity index (χ1n) is 4.88. The summed E-state index contributed by atoms with van der Waals surface area (Å²) in [5, 5.41) is 0.747. The lowest BCUT2D eigenvalue weighted by molar-refractivity contribution is -0.137. The lowest BCUT2D eigenvalue weighted by Crippen LogP contribution is -2.06. The summed E-state index contributed by atoms with van der Waals surface area (Å²) in [6, 6.07) is 2.24. The molecule has 0 atom stereocenters. The van der Waals surface area contributed by atoms with Crippen molar-refractivity contribution in [3.63, 3.8) is 0 Å². The molecular weight excluding hydrogens is 251 g/mol. The van der Waals surface area contributed by atoms with E-state index in [9.17, 15) is 13.2 Å². The normalized spacial score (nSPS) is 12.3. The molecule has 2 nitrogen and oxygen atoms in total. The van der Waals surface area contributed by atoms with E-state index in [2.05, 4.69) is 4.98 Å². The van der Waals surface area contributed by atoms with Crippen molar-refractivity contribution in [2.45, 2.75) is 19.7 Å². The predicted octanol–water partition coefficient (Wildman–Crippen LogP) is 3.77. The summed E-state index contributed by atoms with van der Waals surface area (Å²) >= 11 is 1.26. The highest BCUT2D eigenvalue weighted by atomic mass is 32.1. The molecule has 1 aromatic heterocycles. The number of methoxy groups -OCH3 is 1. The van der Waals surface area contributed by atoms with Crippen molar-refractivity contribution in [3.05, 3.63) is 28.3 Å². The van der Waals surface area contributed by atoms with E-state index in [1.807, 2.05) is 0 Å². The first-order chi connectivity index (χ1) is 7.91. The lowest BCUT2D eigenvalue weighted by atomic mass is 10.1. The van der Waals surface area contributed by atoms with Gasteiger partial charge in [-0.3, -0.25) is 0 Å². The Morgan fingerprint density at radius 1 is 1.35 bits per heavy atom. The summed E-state index contributed by atoms with van der Waals surface area (Å²) in [6.45, 7) is 1.90. The zero-order valence-corrected chi connectivity index (χ0v) is 10.1. The maximum absolute atomic E-state index is 12.7. The number of aromatic nitrogens is 1. The summed E-state index contributed by atoms with van der Waals surface area (Å²) in [7, 11) is 1.45. The molecule has 0 saturated carbocycles. The average Bonchev–Trinajstić information content (AvgIpc) is 2.57. The molecule has 0 unspecified atom stereocenters. The third-order valence-electron chi connectivity index (χ3n) is 2.31. The number of aryl methyl sites for hydroxylation is 1. The zero-order chi connectivity index (χ0) is 12.6. The maximum Gasteiger partial charge on any atom is 0.416 e. The van der Waals surface area contributed by atoms with Gasteiger partial charge in [0.2, 0.25) is 0 Å². The summed E-state index contributed by atoms with van der Waals surface area (Å²) < 4.78 is 43.5. The third kappa shape index (κ3) is 2.42. The molecule has 0 spiro atoms. The van der Waals surface area contributed by atoms with E-state index in [1.165, 1.54) is 18.4 Å². The number of benzene rings is 1. The molecule has 0 radical (unpaired) electrons. The van der Waals surface area contributed by atoms with Gasteiger partial charge < -0.3 is 4.74 Å². The molecule has 0 aliphatic heterocycles. The zero-order valence-electron chi connectivity index (χ0n) is 9.26. The SMILES string of the molecule is COCc1cc(C(F)(F)F)cc2sc(C)nc12. The summed E-state index contributed by atoms with van der Waals surface area (Å²) in [5.74, 6) is 0. The van der Waals surface area contributed by atoms with E-state index in [4.69, 9.17) is 4.74 Å². The van der Waals surface area contributed by atoms with Gasteiger partial charge in [-0.2, -0.15) is 13.2 Å². The van der Waals surface area contributed by atoms with Crippen molar-refractivity contribution >= 4 is 21.6 Å². The average molecular weight is 261 g/mol. The fourth-order valence-corrected chi connectivity index (χ4v) is 2.55. The van der Waals surface area contributed by atoms with Gasteiger partial charge in [-0.25, -0.2) is 4.98 Å². The first-order valence-corrected chi connectivity index (χ1v) is 5.69. The molecule has 0 amide bonds. The van der Waals surface area contributed by atoms with Gasteiger partial charge in [0.05, 0.1) is 27.4 Å². The number of alkyl halides is 3. The van der Waals surface area contributed by atoms with Crippen molar-refractivity contribution in [3.8, 4) is 0 Å². The fourth-order valence-electron chi connectivity index (χ4n) is 1.64. The smallest absolute Gasteiger partial charge is 0.380 e. The molecule has 1 aromatic carbocycles. The number of halogens is 3. The minimum atomic E-state index is -4.34. The standard InChI is InChI=1S/C11H10F3NOS/c1-6-15-10-7(5-16-2)3-8(11(12,13)14)4-9(10)17-6/h3-4H,5H2,1-2H3. The van der Waals surface area contributed by atoms with Crippen LogP contribution in [-0.4, -0.2) is 12.1 Å². The number of fused-ring (bicyclic) bond motifs is 1. The molecule has 17 heavy (non-hydrogen) atoms. The Kier molecular flexibility index (Phi) is 3.09. The van der Waals surface area contributed by atoms with Crippen LogP contribution in [0, 0.1) is 6.92 Å². The minimum Gasteiger partial charge on any atom is -0.380 e. The largest absolute Gasteiger partial charge is 0.416 e. The Bertz CT molecular complexity index is 547. The van der Waals surface area contributed by atoms with Gasteiger partial charge in [0.1, 0.15) is 0 Å². The predicted molar refractivity (Wildman–Crippen MR) is 60.1 cm³/mol. The molecular formula is C11H10F3NOS. The van der Waals surface area contributed by atoms with Gasteiger partial charge in [0.25, 0.3) is 0 Å². The monoisotopic (exact) mass is 261 g/mol. The van der Waals surface area contributed by atoms with Crippen molar-refractivity contribution in [2.24, 2.45) is 0 Å². The molecule has 0 N–H and O–H groups in total. The number of thiazole rings is 1. The summed E-state index contributed by atoms with van der Waals surface area (Å²) in [6.07, 6.45) is -4.34. The van der Waals surface area contributed by atoms with Crippen LogP contribution in [0.4, 0.5) is 13.2 Å². The van der Waals surface area contributed by atoms with Gasteiger partial charge in [0.15, 0.2) is 0 Å². The van der Waals surface area contributed by atoms with E-state index < -0.39 is 11.7 Å². The highest BCUT2D eigenvalue weighted by Crippen LogP contribution is 2.35. The topological polar surface area (TPSA) is 22.1 Å². The van der Waals surface area contributed by atoms with Crippen LogP contribution in [0.25, 0.3) is 10.2 Å². The van der Waals surface area contributed by atoms with Gasteiger partial charge in [0, 0.05) is 12.7 Å². The van der Waals surface area contributed by atoms with Crippen LogP contribution in [-0.2, 0) is 17.5 Å². The Morgan fingerprint density at radius 3 is 2.65 bits per heavy atom. The van der Waals surface area contributed by atoms with Crippen molar-refractivity contribution in [1.29, 1.82) is 0 Å². The van der Waals surface area contributed by atoms with Crippen LogP contribution >= 0.6 is 11.3 Å². The highest BCUT2D eigenvalue weighted by Gasteiger charge is 2.31. The number of rotatable bonds is 2. The number of ether oxygens (including phenoxy) is 1. The molecule has 0 saturated heterocycles. The minimum absolute atomic E-state index is 0.129. The molecule has 92 valence electrons. The molecule has 0 bridgehead atoms. The van der Waals surface area contributed by atoms with E-state index in [1.54, 1.807) is 6.92 Å². The van der Waals surface area contributed by atoms with Crippen molar-refractivity contribution < 1.29 is 17.9 Å². The Hall–Kier alpha value is -1.14. The van der Waals surface area contributed by atoms with Crippen LogP contribution in [0.5, 0.6) is 0 Å². The molecule has 1 heterocycles. The second-order valence-electron chi connectivity index (χ2n) is 3.65. The Balaban J connectivity index is 2.66. The van der Waals surface area contributed by atoms with Gasteiger partial charge in [-0.1, -0.05) is 0 Å². The van der Waals surface area contributed by atoms with Crippen molar-refractivity contribution in [2.75, 3.05) is 7.11 Å². The first kappa shape index (κ1) is 12.3. The third-order valence-corrected chi connectivity index (χ3v) is 3.23. The number of hydrogen-bond acceptors (Lipinski definition) is 3. The van der Waals surface area contributed by atoms with E-state index >= 15 is 0 Å². The van der Waals surface area contributed by atoms with Gasteiger partial charge in [-0.05, 0) is 19.1 Å². The van der Waals surface area contributed by atoms with Gasteiger partial charge in [-0.15, -0.1) is 11.3 Å².